The first-order valence-electron chi connectivity index (χ1n) is 10.8. The van der Waals surface area contributed by atoms with Crippen molar-refractivity contribution in [3.8, 4) is 11.3 Å². The van der Waals surface area contributed by atoms with Crippen molar-refractivity contribution in [2.45, 2.75) is 50.7 Å². The van der Waals surface area contributed by atoms with E-state index in [0.717, 1.165) is 42.9 Å². The summed E-state index contributed by atoms with van der Waals surface area (Å²) in [6.45, 7) is 6.55. The molecule has 0 radical (unpaired) electrons. The van der Waals surface area contributed by atoms with Gasteiger partial charge in [0.05, 0.1) is 23.7 Å². The van der Waals surface area contributed by atoms with Gasteiger partial charge in [-0.05, 0) is 50.5 Å². The molecule has 0 spiro atoms. The number of anilines is 1. The molecule has 1 saturated heterocycles. The van der Waals surface area contributed by atoms with E-state index >= 15 is 0 Å². The van der Waals surface area contributed by atoms with Crippen molar-refractivity contribution in [2.75, 3.05) is 18.0 Å². The first kappa shape index (κ1) is 20.2. The van der Waals surface area contributed by atoms with E-state index in [-0.39, 0.29) is 12.6 Å². The lowest BCUT2D eigenvalue weighted by Gasteiger charge is -2.24. The van der Waals surface area contributed by atoms with E-state index in [1.54, 1.807) is 6.07 Å². The monoisotopic (exact) mass is 437 g/mol. The fourth-order valence-electron chi connectivity index (χ4n) is 4.54. The highest BCUT2D eigenvalue weighted by Crippen LogP contribution is 2.39. The number of hydrogen-bond acceptors (Lipinski definition) is 5. The van der Waals surface area contributed by atoms with Crippen LogP contribution in [0.15, 0.2) is 53.4 Å². The van der Waals surface area contributed by atoms with Crippen LogP contribution in [-0.4, -0.2) is 46.8 Å². The average Bonchev–Trinajstić information content (AvgIpc) is 3.40. The second-order valence-electron chi connectivity index (χ2n) is 8.55. The van der Waals surface area contributed by atoms with E-state index < -0.39 is 10.0 Å². The summed E-state index contributed by atoms with van der Waals surface area (Å²) in [5, 5.41) is 8.86. The summed E-state index contributed by atoms with van der Waals surface area (Å²) in [7, 11) is -3.65. The van der Waals surface area contributed by atoms with E-state index in [0.29, 0.717) is 22.7 Å². The molecule has 3 aromatic rings. The number of sulfonamides is 1. The molecule has 2 aliphatic rings. The Morgan fingerprint density at radius 2 is 1.77 bits per heavy atom. The normalized spacial score (nSPS) is 18.1. The molecule has 162 valence electrons. The Labute approximate surface area is 183 Å². The standard InChI is InChI=1S/C23H27N5O2S/c1-17(2)28-16-21-23(27(25-24-21)15-18-8-4-3-5-9-18)20-14-19(26-12-6-7-13-26)10-11-22(20)31(28,29)30/h3-5,8-11,14,17H,6-7,12-13,15-16H2,1-2H3. The molecule has 3 heterocycles. The van der Waals surface area contributed by atoms with Gasteiger partial charge in [-0.1, -0.05) is 35.5 Å². The molecular weight excluding hydrogens is 410 g/mol. The van der Waals surface area contributed by atoms with Crippen LogP contribution in [0.2, 0.25) is 0 Å². The minimum absolute atomic E-state index is 0.179. The van der Waals surface area contributed by atoms with Gasteiger partial charge in [0.2, 0.25) is 10.0 Å². The van der Waals surface area contributed by atoms with Crippen LogP contribution in [-0.2, 0) is 23.1 Å². The van der Waals surface area contributed by atoms with Crippen LogP contribution >= 0.6 is 0 Å². The van der Waals surface area contributed by atoms with Crippen LogP contribution in [0.1, 0.15) is 37.9 Å². The molecule has 7 nitrogen and oxygen atoms in total. The van der Waals surface area contributed by atoms with E-state index in [2.05, 4.69) is 15.2 Å². The largest absolute Gasteiger partial charge is 0.372 e. The predicted octanol–water partition coefficient (Wildman–Crippen LogP) is 3.51. The first-order chi connectivity index (χ1) is 14.9. The summed E-state index contributed by atoms with van der Waals surface area (Å²) in [6.07, 6.45) is 2.32. The molecular formula is C23H27N5O2S. The van der Waals surface area contributed by atoms with Gasteiger partial charge >= 0.3 is 0 Å². The lowest BCUT2D eigenvalue weighted by molar-refractivity contribution is 0.346. The van der Waals surface area contributed by atoms with E-state index in [4.69, 9.17) is 0 Å². The van der Waals surface area contributed by atoms with E-state index in [9.17, 15) is 8.42 Å². The van der Waals surface area contributed by atoms with Crippen LogP contribution < -0.4 is 4.90 Å². The number of hydrogen-bond donors (Lipinski definition) is 0. The molecule has 0 amide bonds. The SMILES string of the molecule is CC(C)N1Cc2nnn(Cc3ccccc3)c2-c2cc(N3CCCC3)ccc2S1(=O)=O. The van der Waals surface area contributed by atoms with Crippen molar-refractivity contribution in [1.29, 1.82) is 0 Å². The van der Waals surface area contributed by atoms with Crippen LogP contribution in [0.5, 0.6) is 0 Å². The van der Waals surface area contributed by atoms with Crippen molar-refractivity contribution in [3.05, 3.63) is 59.8 Å². The molecule has 5 rings (SSSR count). The second kappa shape index (κ2) is 7.76. The summed E-state index contributed by atoms with van der Waals surface area (Å²) in [5.41, 5.74) is 4.35. The zero-order chi connectivity index (χ0) is 21.6. The Morgan fingerprint density at radius 1 is 1.03 bits per heavy atom. The van der Waals surface area contributed by atoms with Gasteiger partial charge in [0.1, 0.15) is 5.69 Å². The van der Waals surface area contributed by atoms with Gasteiger partial charge in [-0.3, -0.25) is 0 Å². The number of nitrogens with zero attached hydrogens (tertiary/aromatic N) is 5. The molecule has 0 atom stereocenters. The highest BCUT2D eigenvalue weighted by molar-refractivity contribution is 7.89. The summed E-state index contributed by atoms with van der Waals surface area (Å²) >= 11 is 0. The van der Waals surface area contributed by atoms with Gasteiger partial charge in [0.15, 0.2) is 0 Å². The summed E-state index contributed by atoms with van der Waals surface area (Å²) in [6, 6.07) is 15.6. The third kappa shape index (κ3) is 3.53. The summed E-state index contributed by atoms with van der Waals surface area (Å²) in [4.78, 5) is 2.66. The van der Waals surface area contributed by atoms with Crippen molar-refractivity contribution in [3.63, 3.8) is 0 Å². The minimum Gasteiger partial charge on any atom is -0.372 e. The quantitative estimate of drug-likeness (QED) is 0.625. The minimum atomic E-state index is -3.65. The molecule has 31 heavy (non-hydrogen) atoms. The number of rotatable bonds is 4. The van der Waals surface area contributed by atoms with Gasteiger partial charge < -0.3 is 4.90 Å². The van der Waals surface area contributed by atoms with Gasteiger partial charge in [0.25, 0.3) is 0 Å². The molecule has 1 fully saturated rings. The fourth-order valence-corrected chi connectivity index (χ4v) is 6.31. The van der Waals surface area contributed by atoms with Crippen LogP contribution in [0.3, 0.4) is 0 Å². The Bertz CT molecular complexity index is 1200. The fraction of sp³-hybridized carbons (Fsp3) is 0.391. The van der Waals surface area contributed by atoms with Crippen molar-refractivity contribution in [1.82, 2.24) is 19.3 Å². The third-order valence-corrected chi connectivity index (χ3v) is 8.22. The highest BCUT2D eigenvalue weighted by atomic mass is 32.2. The molecule has 1 aromatic heterocycles. The molecule has 0 bridgehead atoms. The Balaban J connectivity index is 1.70. The first-order valence-corrected chi connectivity index (χ1v) is 12.3. The Hall–Kier alpha value is -2.71. The second-order valence-corrected chi connectivity index (χ2v) is 10.4. The van der Waals surface area contributed by atoms with Gasteiger partial charge in [-0.25, -0.2) is 13.1 Å². The smallest absolute Gasteiger partial charge is 0.244 e. The Morgan fingerprint density at radius 3 is 2.48 bits per heavy atom. The van der Waals surface area contributed by atoms with Gasteiger partial charge in [0, 0.05) is 30.4 Å². The zero-order valence-corrected chi connectivity index (χ0v) is 18.7. The molecule has 0 saturated carbocycles. The van der Waals surface area contributed by atoms with Gasteiger partial charge in [-0.15, -0.1) is 5.10 Å². The molecule has 2 aromatic carbocycles. The van der Waals surface area contributed by atoms with E-state index in [1.165, 1.54) is 4.31 Å². The lowest BCUT2D eigenvalue weighted by Crippen LogP contribution is -2.35. The molecule has 0 N–H and O–H groups in total. The molecule has 0 unspecified atom stereocenters. The van der Waals surface area contributed by atoms with Crippen molar-refractivity contribution in [2.24, 2.45) is 0 Å². The third-order valence-electron chi connectivity index (χ3n) is 6.14. The van der Waals surface area contributed by atoms with Crippen molar-refractivity contribution < 1.29 is 8.42 Å². The van der Waals surface area contributed by atoms with Crippen LogP contribution in [0.25, 0.3) is 11.3 Å². The average molecular weight is 438 g/mol. The van der Waals surface area contributed by atoms with Crippen molar-refractivity contribution >= 4 is 15.7 Å². The Kier molecular flexibility index (Phi) is 5.06. The topological polar surface area (TPSA) is 71.3 Å². The molecule has 0 aliphatic carbocycles. The molecule has 2 aliphatic heterocycles. The van der Waals surface area contributed by atoms with Gasteiger partial charge in [-0.2, -0.15) is 4.31 Å². The highest BCUT2D eigenvalue weighted by Gasteiger charge is 2.37. The van der Waals surface area contributed by atoms with Crippen LogP contribution in [0.4, 0.5) is 5.69 Å². The number of benzene rings is 2. The molecule has 8 heteroatoms. The van der Waals surface area contributed by atoms with Crippen LogP contribution in [0, 0.1) is 0 Å². The number of fused-ring (bicyclic) bond motifs is 3. The number of aromatic nitrogens is 3. The maximum atomic E-state index is 13.6. The lowest BCUT2D eigenvalue weighted by atomic mass is 10.1. The maximum Gasteiger partial charge on any atom is 0.244 e. The predicted molar refractivity (Wildman–Crippen MR) is 120 cm³/mol. The summed E-state index contributed by atoms with van der Waals surface area (Å²) < 4.78 is 30.5. The summed E-state index contributed by atoms with van der Waals surface area (Å²) in [5.74, 6) is 0. The zero-order valence-electron chi connectivity index (χ0n) is 17.9. The maximum absolute atomic E-state index is 13.6. The van der Waals surface area contributed by atoms with E-state index in [1.807, 2.05) is 61.0 Å².